The summed E-state index contributed by atoms with van der Waals surface area (Å²) in [6.45, 7) is 2.54. The van der Waals surface area contributed by atoms with Gasteiger partial charge in [0.15, 0.2) is 11.8 Å². The standard InChI is InChI=1S/C24H26F6N4O4/c1-12(14-4-3-5-15(19(14)25)20(26)27)31-21-18(22-37-8-9-38-22)16(32-13(2)33-21)10-17(35)34-23(24(28,29)30)6-7-36-11-23/h3-5,12,20,22H,6-11H2,1-2H3,(H,34,35)(H,31,32,33)/t12-,23-/m1/s1. The molecule has 2 fully saturated rings. The van der Waals surface area contributed by atoms with E-state index in [1.165, 1.54) is 26.0 Å². The minimum Gasteiger partial charge on any atom is -0.379 e. The number of carbonyl (C=O) groups excluding carboxylic acids is 1. The van der Waals surface area contributed by atoms with Crippen LogP contribution in [0.3, 0.4) is 0 Å². The number of benzene rings is 1. The van der Waals surface area contributed by atoms with Crippen LogP contribution in [-0.2, 0) is 25.4 Å². The highest BCUT2D eigenvalue weighted by atomic mass is 19.4. The van der Waals surface area contributed by atoms with E-state index in [0.29, 0.717) is 0 Å². The maximum atomic E-state index is 14.8. The van der Waals surface area contributed by atoms with Crippen molar-refractivity contribution in [3.8, 4) is 0 Å². The quantitative estimate of drug-likeness (QED) is 0.471. The maximum Gasteiger partial charge on any atom is 0.413 e. The molecule has 2 atom stereocenters. The summed E-state index contributed by atoms with van der Waals surface area (Å²) in [6.07, 6.45) is -9.81. The van der Waals surface area contributed by atoms with Gasteiger partial charge >= 0.3 is 6.18 Å². The first-order valence-electron chi connectivity index (χ1n) is 11.8. The topological polar surface area (TPSA) is 94.6 Å². The zero-order valence-electron chi connectivity index (χ0n) is 20.5. The molecule has 8 nitrogen and oxygen atoms in total. The molecule has 0 aliphatic carbocycles. The third kappa shape index (κ3) is 5.71. The molecular weight excluding hydrogens is 522 g/mol. The van der Waals surface area contributed by atoms with Crippen LogP contribution in [-0.4, -0.2) is 54.0 Å². The number of alkyl halides is 5. The highest BCUT2D eigenvalue weighted by Crippen LogP contribution is 2.38. The molecule has 4 rings (SSSR count). The lowest BCUT2D eigenvalue weighted by atomic mass is 9.97. The Kier molecular flexibility index (Phi) is 8.14. The molecule has 2 aliphatic rings. The molecule has 2 saturated heterocycles. The molecule has 1 aromatic carbocycles. The fourth-order valence-corrected chi connectivity index (χ4v) is 4.43. The normalized spacial score (nSPS) is 21.2. The van der Waals surface area contributed by atoms with Crippen LogP contribution in [0.2, 0.25) is 0 Å². The molecule has 0 saturated carbocycles. The van der Waals surface area contributed by atoms with E-state index in [4.69, 9.17) is 14.2 Å². The summed E-state index contributed by atoms with van der Waals surface area (Å²) in [5.41, 5.74) is -3.16. The monoisotopic (exact) mass is 548 g/mol. The fourth-order valence-electron chi connectivity index (χ4n) is 4.43. The highest BCUT2D eigenvalue weighted by molar-refractivity contribution is 5.80. The Labute approximate surface area is 214 Å². The van der Waals surface area contributed by atoms with E-state index in [9.17, 15) is 31.1 Å². The number of amides is 1. The molecule has 2 aromatic rings. The number of nitrogens with zero attached hydrogens (tertiary/aromatic N) is 2. The van der Waals surface area contributed by atoms with Crippen LogP contribution in [0.1, 0.15) is 60.3 Å². The zero-order chi connectivity index (χ0) is 27.7. The van der Waals surface area contributed by atoms with Crippen molar-refractivity contribution in [1.29, 1.82) is 0 Å². The van der Waals surface area contributed by atoms with E-state index < -0.39 is 67.2 Å². The minimum atomic E-state index is -4.74. The van der Waals surface area contributed by atoms with Crippen molar-refractivity contribution in [2.45, 2.75) is 57.2 Å². The summed E-state index contributed by atoms with van der Waals surface area (Å²) >= 11 is 0. The van der Waals surface area contributed by atoms with Gasteiger partial charge in [0, 0.05) is 18.6 Å². The third-order valence-electron chi connectivity index (χ3n) is 6.38. The molecular formula is C24H26F6N4O4. The van der Waals surface area contributed by atoms with E-state index in [1.54, 1.807) is 0 Å². The van der Waals surface area contributed by atoms with Crippen LogP contribution < -0.4 is 10.6 Å². The Bertz CT molecular complexity index is 1170. The maximum absolute atomic E-state index is 14.8. The molecule has 38 heavy (non-hydrogen) atoms. The summed E-state index contributed by atoms with van der Waals surface area (Å²) in [7, 11) is 0. The van der Waals surface area contributed by atoms with Crippen LogP contribution in [0.5, 0.6) is 0 Å². The van der Waals surface area contributed by atoms with Gasteiger partial charge in [-0.25, -0.2) is 23.1 Å². The number of hydrogen-bond donors (Lipinski definition) is 2. The number of anilines is 1. The largest absolute Gasteiger partial charge is 0.413 e. The van der Waals surface area contributed by atoms with E-state index in [-0.39, 0.29) is 48.3 Å². The number of rotatable bonds is 8. The van der Waals surface area contributed by atoms with Crippen molar-refractivity contribution >= 4 is 11.7 Å². The Morgan fingerprint density at radius 2 is 1.84 bits per heavy atom. The number of nitrogens with one attached hydrogen (secondary N) is 2. The second-order valence-electron chi connectivity index (χ2n) is 9.08. The smallest absolute Gasteiger partial charge is 0.379 e. The molecule has 1 amide bonds. The van der Waals surface area contributed by atoms with Gasteiger partial charge in [-0.15, -0.1) is 0 Å². The molecule has 0 radical (unpaired) electrons. The molecule has 2 N–H and O–H groups in total. The van der Waals surface area contributed by atoms with E-state index in [1.807, 2.05) is 0 Å². The van der Waals surface area contributed by atoms with Crippen LogP contribution in [0.15, 0.2) is 18.2 Å². The summed E-state index contributed by atoms with van der Waals surface area (Å²) in [5, 5.41) is 5.00. The van der Waals surface area contributed by atoms with Gasteiger partial charge in [-0.05, 0) is 13.8 Å². The number of aromatic nitrogens is 2. The number of halogens is 6. The molecule has 208 valence electrons. The Morgan fingerprint density at radius 1 is 1.16 bits per heavy atom. The van der Waals surface area contributed by atoms with Crippen molar-refractivity contribution in [2.75, 3.05) is 31.7 Å². The Balaban J connectivity index is 1.66. The molecule has 3 heterocycles. The molecule has 14 heteroatoms. The lowest BCUT2D eigenvalue weighted by Crippen LogP contribution is -2.59. The van der Waals surface area contributed by atoms with Crippen molar-refractivity contribution in [3.63, 3.8) is 0 Å². The van der Waals surface area contributed by atoms with Gasteiger partial charge in [-0.3, -0.25) is 4.79 Å². The zero-order valence-corrected chi connectivity index (χ0v) is 20.5. The first kappa shape index (κ1) is 28.0. The van der Waals surface area contributed by atoms with Gasteiger partial charge in [0.05, 0.1) is 49.1 Å². The number of carbonyl (C=O) groups is 1. The van der Waals surface area contributed by atoms with Gasteiger partial charge in [-0.1, -0.05) is 18.2 Å². The molecule has 0 spiro atoms. The fraction of sp³-hybridized carbons (Fsp3) is 0.542. The minimum absolute atomic E-state index is 0.0367. The second-order valence-corrected chi connectivity index (χ2v) is 9.08. The van der Waals surface area contributed by atoms with Gasteiger partial charge in [0.2, 0.25) is 5.91 Å². The predicted octanol–water partition coefficient (Wildman–Crippen LogP) is 4.46. The number of aryl methyl sites for hydroxylation is 1. The van der Waals surface area contributed by atoms with Crippen molar-refractivity contribution in [2.24, 2.45) is 0 Å². The summed E-state index contributed by atoms with van der Waals surface area (Å²) in [5.74, 6) is -1.82. The van der Waals surface area contributed by atoms with Crippen molar-refractivity contribution < 1.29 is 45.3 Å². The molecule has 2 aliphatic heterocycles. The summed E-state index contributed by atoms with van der Waals surface area (Å²) < 4.78 is 98.4. The first-order valence-corrected chi connectivity index (χ1v) is 11.8. The Hall–Kier alpha value is -2.97. The molecule has 0 unspecified atom stereocenters. The predicted molar refractivity (Wildman–Crippen MR) is 121 cm³/mol. The second kappa shape index (κ2) is 11.0. The summed E-state index contributed by atoms with van der Waals surface area (Å²) in [4.78, 5) is 21.4. The van der Waals surface area contributed by atoms with Crippen LogP contribution >= 0.6 is 0 Å². The van der Waals surface area contributed by atoms with E-state index >= 15 is 0 Å². The third-order valence-corrected chi connectivity index (χ3v) is 6.38. The average molecular weight is 548 g/mol. The van der Waals surface area contributed by atoms with Crippen molar-refractivity contribution in [3.05, 3.63) is 52.2 Å². The SMILES string of the molecule is Cc1nc(CC(=O)N[C@]2(C(F)(F)F)CCOC2)c(C2OCCO2)c(N[C@H](C)c2cccc(C(F)F)c2F)n1. The van der Waals surface area contributed by atoms with Gasteiger partial charge < -0.3 is 24.8 Å². The molecule has 0 bridgehead atoms. The van der Waals surface area contributed by atoms with Gasteiger partial charge in [0.25, 0.3) is 6.43 Å². The van der Waals surface area contributed by atoms with E-state index in [2.05, 4.69) is 20.6 Å². The van der Waals surface area contributed by atoms with Crippen LogP contribution in [0.4, 0.5) is 32.2 Å². The van der Waals surface area contributed by atoms with Gasteiger partial charge in [-0.2, -0.15) is 13.2 Å². The number of ether oxygens (including phenoxy) is 3. The lowest BCUT2D eigenvalue weighted by Gasteiger charge is -2.31. The van der Waals surface area contributed by atoms with Crippen molar-refractivity contribution in [1.82, 2.24) is 15.3 Å². The average Bonchev–Trinajstić information content (AvgIpc) is 3.51. The lowest BCUT2D eigenvalue weighted by molar-refractivity contribution is -0.197. The highest BCUT2D eigenvalue weighted by Gasteiger charge is 2.58. The van der Waals surface area contributed by atoms with Gasteiger partial charge in [0.1, 0.15) is 17.5 Å². The van der Waals surface area contributed by atoms with E-state index in [0.717, 1.165) is 6.07 Å². The van der Waals surface area contributed by atoms with Crippen LogP contribution in [0.25, 0.3) is 0 Å². The van der Waals surface area contributed by atoms with Crippen LogP contribution in [0, 0.1) is 12.7 Å². The first-order chi connectivity index (χ1) is 17.9. The number of hydrogen-bond acceptors (Lipinski definition) is 7. The summed E-state index contributed by atoms with van der Waals surface area (Å²) in [6, 6.07) is 2.74. The molecule has 1 aromatic heterocycles. The Morgan fingerprint density at radius 3 is 2.45 bits per heavy atom.